The minimum Gasteiger partial charge on any atom is -0.507 e. The molecule has 0 saturated carbocycles. The highest BCUT2D eigenvalue weighted by Crippen LogP contribution is 2.22. The lowest BCUT2D eigenvalue weighted by atomic mass is 10.1. The van der Waals surface area contributed by atoms with Crippen molar-refractivity contribution in [3.8, 4) is 5.75 Å². The van der Waals surface area contributed by atoms with Gasteiger partial charge in [0.15, 0.2) is 0 Å². The van der Waals surface area contributed by atoms with Crippen molar-refractivity contribution in [2.45, 2.75) is 6.10 Å². The van der Waals surface area contributed by atoms with Crippen LogP contribution in [-0.2, 0) is 0 Å². The molecule has 0 aliphatic heterocycles. The van der Waals surface area contributed by atoms with Crippen LogP contribution in [0.15, 0.2) is 53.0 Å². The van der Waals surface area contributed by atoms with Crippen molar-refractivity contribution in [2.75, 3.05) is 6.54 Å². The van der Waals surface area contributed by atoms with Crippen LogP contribution < -0.4 is 5.32 Å². The number of hydrogen-bond acceptors (Lipinski definition) is 3. The SMILES string of the molecule is O=C(NCC(O)c1ccccc1)c1ccc(Br)cc1O. The van der Waals surface area contributed by atoms with Crippen LogP contribution >= 0.6 is 15.9 Å². The number of aliphatic hydroxyl groups excluding tert-OH is 1. The number of aliphatic hydroxyl groups is 1. The molecule has 0 bridgehead atoms. The summed E-state index contributed by atoms with van der Waals surface area (Å²) in [6.45, 7) is 0.0817. The molecule has 2 rings (SSSR count). The molecule has 0 aromatic heterocycles. The van der Waals surface area contributed by atoms with E-state index < -0.39 is 12.0 Å². The fraction of sp³-hybridized carbons (Fsp3) is 0.133. The van der Waals surface area contributed by atoms with E-state index in [2.05, 4.69) is 21.2 Å². The van der Waals surface area contributed by atoms with Crippen molar-refractivity contribution in [3.05, 3.63) is 64.1 Å². The van der Waals surface area contributed by atoms with E-state index in [0.29, 0.717) is 4.47 Å². The van der Waals surface area contributed by atoms with Gasteiger partial charge in [-0.25, -0.2) is 0 Å². The first-order valence-electron chi connectivity index (χ1n) is 6.07. The normalized spacial score (nSPS) is 11.9. The largest absolute Gasteiger partial charge is 0.507 e. The number of carbonyl (C=O) groups is 1. The minimum absolute atomic E-state index is 0.0817. The summed E-state index contributed by atoms with van der Waals surface area (Å²) in [4.78, 5) is 11.9. The monoisotopic (exact) mass is 335 g/mol. The Morgan fingerprint density at radius 3 is 2.55 bits per heavy atom. The summed E-state index contributed by atoms with van der Waals surface area (Å²) in [7, 11) is 0. The maximum Gasteiger partial charge on any atom is 0.255 e. The van der Waals surface area contributed by atoms with Crippen LogP contribution in [0.3, 0.4) is 0 Å². The minimum atomic E-state index is -0.780. The average Bonchev–Trinajstić information content (AvgIpc) is 2.45. The van der Waals surface area contributed by atoms with Crippen LogP contribution in [0.4, 0.5) is 0 Å². The van der Waals surface area contributed by atoms with Crippen molar-refractivity contribution >= 4 is 21.8 Å². The number of nitrogens with one attached hydrogen (secondary N) is 1. The molecule has 0 aliphatic carbocycles. The lowest BCUT2D eigenvalue weighted by Gasteiger charge is -2.12. The van der Waals surface area contributed by atoms with Gasteiger partial charge < -0.3 is 15.5 Å². The third-order valence-corrected chi connectivity index (χ3v) is 3.34. The molecule has 0 aliphatic rings. The summed E-state index contributed by atoms with van der Waals surface area (Å²) < 4.78 is 0.691. The van der Waals surface area contributed by atoms with Gasteiger partial charge in [-0.1, -0.05) is 46.3 Å². The van der Waals surface area contributed by atoms with Gasteiger partial charge in [0.2, 0.25) is 0 Å². The Bertz CT molecular complexity index is 601. The molecule has 0 saturated heterocycles. The fourth-order valence-corrected chi connectivity index (χ4v) is 2.12. The summed E-state index contributed by atoms with van der Waals surface area (Å²) in [5.41, 5.74) is 0.904. The van der Waals surface area contributed by atoms with Gasteiger partial charge in [0.25, 0.3) is 5.91 Å². The number of aromatic hydroxyl groups is 1. The molecular formula is C15H14BrNO3. The zero-order valence-corrected chi connectivity index (χ0v) is 12.2. The molecule has 20 heavy (non-hydrogen) atoms. The fourth-order valence-electron chi connectivity index (χ4n) is 1.77. The molecule has 1 atom stereocenters. The van der Waals surface area contributed by atoms with Crippen molar-refractivity contribution in [1.29, 1.82) is 0 Å². The number of amides is 1. The highest BCUT2D eigenvalue weighted by atomic mass is 79.9. The Hall–Kier alpha value is -1.85. The van der Waals surface area contributed by atoms with E-state index in [1.165, 1.54) is 12.1 Å². The molecule has 104 valence electrons. The highest BCUT2D eigenvalue weighted by molar-refractivity contribution is 9.10. The van der Waals surface area contributed by atoms with Crippen molar-refractivity contribution in [3.63, 3.8) is 0 Å². The van der Waals surface area contributed by atoms with E-state index in [0.717, 1.165) is 5.56 Å². The third-order valence-electron chi connectivity index (χ3n) is 2.84. The van der Waals surface area contributed by atoms with Crippen LogP contribution in [0.2, 0.25) is 0 Å². The molecule has 5 heteroatoms. The van der Waals surface area contributed by atoms with Gasteiger partial charge in [-0.3, -0.25) is 4.79 Å². The lowest BCUT2D eigenvalue weighted by molar-refractivity contribution is 0.0913. The highest BCUT2D eigenvalue weighted by Gasteiger charge is 2.13. The van der Waals surface area contributed by atoms with Crippen molar-refractivity contribution in [2.24, 2.45) is 0 Å². The molecule has 0 heterocycles. The third kappa shape index (κ3) is 3.59. The van der Waals surface area contributed by atoms with Crippen LogP contribution in [-0.4, -0.2) is 22.7 Å². The zero-order chi connectivity index (χ0) is 14.5. The van der Waals surface area contributed by atoms with Gasteiger partial charge >= 0.3 is 0 Å². The molecule has 0 radical (unpaired) electrons. The number of hydrogen-bond donors (Lipinski definition) is 3. The second kappa shape index (κ2) is 6.54. The lowest BCUT2D eigenvalue weighted by Crippen LogP contribution is -2.28. The van der Waals surface area contributed by atoms with Gasteiger partial charge in [-0.05, 0) is 23.8 Å². The van der Waals surface area contributed by atoms with Crippen molar-refractivity contribution < 1.29 is 15.0 Å². The number of rotatable bonds is 4. The van der Waals surface area contributed by atoms with Crippen LogP contribution in [0.1, 0.15) is 22.0 Å². The Kier molecular flexibility index (Phi) is 4.76. The van der Waals surface area contributed by atoms with Gasteiger partial charge in [-0.15, -0.1) is 0 Å². The number of halogens is 1. The first-order chi connectivity index (χ1) is 9.58. The van der Waals surface area contributed by atoms with Crippen LogP contribution in [0, 0.1) is 0 Å². The molecule has 0 spiro atoms. The first-order valence-corrected chi connectivity index (χ1v) is 6.87. The van der Waals surface area contributed by atoms with Crippen LogP contribution in [0.25, 0.3) is 0 Å². The quantitative estimate of drug-likeness (QED) is 0.804. The Morgan fingerprint density at radius 2 is 1.90 bits per heavy atom. The second-order valence-corrected chi connectivity index (χ2v) is 5.21. The zero-order valence-electron chi connectivity index (χ0n) is 10.6. The molecule has 2 aromatic rings. The van der Waals surface area contributed by atoms with Gasteiger partial charge in [0, 0.05) is 11.0 Å². The van der Waals surface area contributed by atoms with E-state index in [9.17, 15) is 15.0 Å². The maximum absolute atomic E-state index is 11.9. The Morgan fingerprint density at radius 1 is 1.20 bits per heavy atom. The number of phenols is 1. The summed E-state index contributed by atoms with van der Waals surface area (Å²) in [5.74, 6) is -0.531. The molecule has 0 fully saturated rings. The van der Waals surface area contributed by atoms with Crippen molar-refractivity contribution in [1.82, 2.24) is 5.32 Å². The topological polar surface area (TPSA) is 69.6 Å². The van der Waals surface area contributed by atoms with Crippen LogP contribution in [0.5, 0.6) is 5.75 Å². The predicted molar refractivity (Wildman–Crippen MR) is 79.5 cm³/mol. The molecule has 1 unspecified atom stereocenters. The summed E-state index contributed by atoms with van der Waals surface area (Å²) in [6.07, 6.45) is -0.780. The smallest absolute Gasteiger partial charge is 0.255 e. The summed E-state index contributed by atoms with van der Waals surface area (Å²) in [5, 5.41) is 22.2. The van der Waals surface area contributed by atoms with Gasteiger partial charge in [0.1, 0.15) is 5.75 Å². The second-order valence-electron chi connectivity index (χ2n) is 4.30. The van der Waals surface area contributed by atoms with E-state index in [1.807, 2.05) is 18.2 Å². The number of carbonyl (C=O) groups excluding carboxylic acids is 1. The Balaban J connectivity index is 1.99. The van der Waals surface area contributed by atoms with E-state index in [-0.39, 0.29) is 17.9 Å². The molecule has 3 N–H and O–H groups in total. The summed E-state index contributed by atoms with van der Waals surface area (Å²) >= 11 is 3.21. The number of phenolic OH excluding ortho intramolecular Hbond substituents is 1. The maximum atomic E-state index is 11.9. The predicted octanol–water partition coefficient (Wildman–Crippen LogP) is 2.62. The molecular weight excluding hydrogens is 322 g/mol. The van der Waals surface area contributed by atoms with E-state index in [1.54, 1.807) is 18.2 Å². The molecule has 4 nitrogen and oxygen atoms in total. The van der Waals surface area contributed by atoms with E-state index >= 15 is 0 Å². The first kappa shape index (κ1) is 14.6. The molecule has 1 amide bonds. The Labute approximate surface area is 125 Å². The average molecular weight is 336 g/mol. The summed E-state index contributed by atoms with van der Waals surface area (Å²) in [6, 6.07) is 13.7. The molecule has 2 aromatic carbocycles. The standard InChI is InChI=1S/C15H14BrNO3/c16-11-6-7-12(13(18)8-11)15(20)17-9-14(19)10-4-2-1-3-5-10/h1-8,14,18-19H,9H2,(H,17,20). The van der Waals surface area contributed by atoms with Gasteiger partial charge in [0.05, 0.1) is 11.7 Å². The number of benzene rings is 2. The van der Waals surface area contributed by atoms with Gasteiger partial charge in [-0.2, -0.15) is 0 Å². The van der Waals surface area contributed by atoms with E-state index in [4.69, 9.17) is 0 Å².